The third kappa shape index (κ3) is 2.65. The number of aliphatic imine (C=N–C) groups is 1. The van der Waals surface area contributed by atoms with Crippen LogP contribution in [0.4, 0.5) is 0 Å². The number of rotatable bonds is 2. The van der Waals surface area contributed by atoms with Crippen LogP contribution in [-0.2, 0) is 4.79 Å². The molecule has 2 atom stereocenters. The van der Waals surface area contributed by atoms with Crippen molar-refractivity contribution in [3.63, 3.8) is 0 Å². The van der Waals surface area contributed by atoms with Gasteiger partial charge in [-0.2, -0.15) is 5.26 Å². The smallest absolute Gasteiger partial charge is 0.247 e. The Morgan fingerprint density at radius 3 is 2.94 bits per heavy atom. The zero-order chi connectivity index (χ0) is 13.1. The molecule has 1 aromatic rings. The van der Waals surface area contributed by atoms with Crippen molar-refractivity contribution in [3.05, 3.63) is 21.9 Å². The number of thioether (sulfide) groups is 1. The first-order chi connectivity index (χ1) is 8.65. The molecule has 2 unspecified atom stereocenters. The zero-order valence-corrected chi connectivity index (χ0v) is 12.0. The minimum absolute atomic E-state index is 0.0206. The Labute approximate surface area is 115 Å². The van der Waals surface area contributed by atoms with Gasteiger partial charge in [0.2, 0.25) is 5.91 Å². The third-order valence-electron chi connectivity index (χ3n) is 2.86. The van der Waals surface area contributed by atoms with Gasteiger partial charge in [0, 0.05) is 22.1 Å². The molecule has 0 spiro atoms. The highest BCUT2D eigenvalue weighted by molar-refractivity contribution is 8.14. The molecule has 1 amide bonds. The average Bonchev–Trinajstić information content (AvgIpc) is 2.75. The minimum atomic E-state index is -0.273. The van der Waals surface area contributed by atoms with E-state index in [-0.39, 0.29) is 17.7 Å². The van der Waals surface area contributed by atoms with E-state index in [1.54, 1.807) is 11.3 Å². The second-order valence-corrected chi connectivity index (χ2v) is 6.75. The Hall–Kier alpha value is -1.12. The molecule has 2 heterocycles. The van der Waals surface area contributed by atoms with Crippen molar-refractivity contribution in [2.75, 3.05) is 5.75 Å². The van der Waals surface area contributed by atoms with Crippen LogP contribution in [0.3, 0.4) is 0 Å². The molecule has 0 radical (unpaired) electrons. The molecule has 1 aromatic heterocycles. The predicted molar refractivity (Wildman–Crippen MR) is 76.1 cm³/mol. The average molecular weight is 278 g/mol. The molecule has 0 fully saturated rings. The van der Waals surface area contributed by atoms with Gasteiger partial charge in [-0.1, -0.05) is 6.92 Å². The van der Waals surface area contributed by atoms with Crippen molar-refractivity contribution >= 4 is 34.0 Å². The lowest BCUT2D eigenvalue weighted by Crippen LogP contribution is -2.26. The van der Waals surface area contributed by atoms with Crippen molar-refractivity contribution in [1.82, 2.24) is 0 Å². The standard InChI is InChI=1S/C13H14N2OS2/c1-3-17-13-10(7-14)9(6-12(16)15-13)11-5-4-8(2)18-11/h4-5,9-10H,3,6H2,1-2H3. The summed E-state index contributed by atoms with van der Waals surface area (Å²) < 4.78 is 0. The molecule has 1 aliphatic rings. The van der Waals surface area contributed by atoms with Crippen LogP contribution in [0.15, 0.2) is 17.1 Å². The molecule has 1 aliphatic heterocycles. The van der Waals surface area contributed by atoms with E-state index in [0.29, 0.717) is 11.5 Å². The zero-order valence-electron chi connectivity index (χ0n) is 10.3. The minimum Gasteiger partial charge on any atom is -0.273 e. The summed E-state index contributed by atoms with van der Waals surface area (Å²) in [6.45, 7) is 4.04. The van der Waals surface area contributed by atoms with Crippen LogP contribution >= 0.6 is 23.1 Å². The lowest BCUT2D eigenvalue weighted by Gasteiger charge is -2.24. The molecule has 5 heteroatoms. The Bertz CT molecular complexity index is 527. The van der Waals surface area contributed by atoms with E-state index in [1.165, 1.54) is 16.6 Å². The molecule has 2 rings (SSSR count). The Balaban J connectivity index is 2.34. The van der Waals surface area contributed by atoms with E-state index < -0.39 is 0 Å². The monoisotopic (exact) mass is 278 g/mol. The molecular formula is C13H14N2OS2. The highest BCUT2D eigenvalue weighted by Crippen LogP contribution is 2.38. The highest BCUT2D eigenvalue weighted by atomic mass is 32.2. The lowest BCUT2D eigenvalue weighted by atomic mass is 9.87. The summed E-state index contributed by atoms with van der Waals surface area (Å²) >= 11 is 3.17. The number of carbonyl (C=O) groups is 1. The maximum absolute atomic E-state index is 11.7. The van der Waals surface area contributed by atoms with Crippen LogP contribution in [0.2, 0.25) is 0 Å². The molecule has 0 bridgehead atoms. The highest BCUT2D eigenvalue weighted by Gasteiger charge is 2.34. The number of hydrogen-bond donors (Lipinski definition) is 0. The lowest BCUT2D eigenvalue weighted by molar-refractivity contribution is -0.118. The fourth-order valence-electron chi connectivity index (χ4n) is 2.05. The van der Waals surface area contributed by atoms with Crippen LogP contribution in [-0.4, -0.2) is 16.7 Å². The summed E-state index contributed by atoms with van der Waals surface area (Å²) in [7, 11) is 0. The van der Waals surface area contributed by atoms with E-state index in [2.05, 4.69) is 11.1 Å². The van der Waals surface area contributed by atoms with Gasteiger partial charge in [0.25, 0.3) is 0 Å². The molecule has 94 valence electrons. The Morgan fingerprint density at radius 1 is 1.61 bits per heavy atom. The van der Waals surface area contributed by atoms with Crippen molar-refractivity contribution in [2.24, 2.45) is 10.9 Å². The summed E-state index contributed by atoms with van der Waals surface area (Å²) in [6.07, 6.45) is 0.353. The van der Waals surface area contributed by atoms with Crippen LogP contribution in [0.25, 0.3) is 0 Å². The molecule has 18 heavy (non-hydrogen) atoms. The molecule has 0 saturated carbocycles. The van der Waals surface area contributed by atoms with Crippen molar-refractivity contribution in [2.45, 2.75) is 26.2 Å². The Kier molecular flexibility index (Phi) is 4.20. The van der Waals surface area contributed by atoms with Gasteiger partial charge >= 0.3 is 0 Å². The predicted octanol–water partition coefficient (Wildman–Crippen LogP) is 3.36. The Morgan fingerprint density at radius 2 is 2.39 bits per heavy atom. The largest absolute Gasteiger partial charge is 0.273 e. The summed E-state index contributed by atoms with van der Waals surface area (Å²) in [4.78, 5) is 18.1. The van der Waals surface area contributed by atoms with E-state index in [1.807, 2.05) is 26.0 Å². The molecule has 3 nitrogen and oxygen atoms in total. The number of aryl methyl sites for hydroxylation is 1. The van der Waals surface area contributed by atoms with E-state index in [9.17, 15) is 10.1 Å². The molecule has 0 aromatic carbocycles. The topological polar surface area (TPSA) is 53.2 Å². The van der Waals surface area contributed by atoms with Gasteiger partial charge in [0.15, 0.2) is 0 Å². The van der Waals surface area contributed by atoms with Gasteiger partial charge in [-0.25, -0.2) is 4.99 Å². The summed E-state index contributed by atoms with van der Waals surface area (Å²) in [6, 6.07) is 6.39. The summed E-state index contributed by atoms with van der Waals surface area (Å²) in [5, 5.41) is 10.0. The number of nitrogens with zero attached hydrogens (tertiary/aromatic N) is 2. The summed E-state index contributed by atoms with van der Waals surface area (Å²) in [5.41, 5.74) is 0. The van der Waals surface area contributed by atoms with Crippen molar-refractivity contribution < 1.29 is 4.79 Å². The van der Waals surface area contributed by atoms with Gasteiger partial charge in [0.05, 0.1) is 11.1 Å². The van der Waals surface area contributed by atoms with Gasteiger partial charge in [0.1, 0.15) is 5.92 Å². The molecule has 0 saturated heterocycles. The summed E-state index contributed by atoms with van der Waals surface area (Å²) in [5.74, 6) is 0.437. The number of thiophene rings is 1. The van der Waals surface area contributed by atoms with Gasteiger partial charge in [-0.15, -0.1) is 23.1 Å². The first-order valence-corrected chi connectivity index (χ1v) is 7.66. The van der Waals surface area contributed by atoms with Gasteiger partial charge in [-0.05, 0) is 24.8 Å². The number of nitriles is 1. The maximum Gasteiger partial charge on any atom is 0.247 e. The first-order valence-electron chi connectivity index (χ1n) is 5.85. The van der Waals surface area contributed by atoms with Crippen LogP contribution in [0.1, 0.15) is 29.0 Å². The van der Waals surface area contributed by atoms with Crippen molar-refractivity contribution in [1.29, 1.82) is 5.26 Å². The first kappa shape index (κ1) is 13.3. The fourth-order valence-corrected chi connectivity index (χ4v) is 3.92. The quantitative estimate of drug-likeness (QED) is 0.833. The fraction of sp³-hybridized carbons (Fsp3) is 0.462. The second kappa shape index (κ2) is 5.68. The van der Waals surface area contributed by atoms with Gasteiger partial charge in [-0.3, -0.25) is 4.79 Å². The maximum atomic E-state index is 11.7. The van der Waals surface area contributed by atoms with Gasteiger partial charge < -0.3 is 0 Å². The third-order valence-corrected chi connectivity index (χ3v) is 4.92. The molecular weight excluding hydrogens is 264 g/mol. The van der Waals surface area contributed by atoms with Crippen molar-refractivity contribution in [3.8, 4) is 6.07 Å². The normalized spacial score (nSPS) is 23.6. The number of carbonyl (C=O) groups excluding carboxylic acids is 1. The number of amides is 1. The SMILES string of the molecule is CCSC1=NC(=O)CC(c2ccc(C)s2)C1C#N. The van der Waals surface area contributed by atoms with E-state index in [4.69, 9.17) is 0 Å². The van der Waals surface area contributed by atoms with E-state index in [0.717, 1.165) is 10.6 Å². The molecule has 0 aliphatic carbocycles. The molecule has 0 N–H and O–H groups in total. The van der Waals surface area contributed by atoms with E-state index >= 15 is 0 Å². The second-order valence-electron chi connectivity index (χ2n) is 4.14. The van der Waals surface area contributed by atoms with Crippen LogP contribution < -0.4 is 0 Å². The number of hydrogen-bond acceptors (Lipinski definition) is 4. The van der Waals surface area contributed by atoms with Crippen LogP contribution in [0.5, 0.6) is 0 Å². The van der Waals surface area contributed by atoms with Crippen LogP contribution in [0, 0.1) is 24.2 Å².